The van der Waals surface area contributed by atoms with E-state index in [0.717, 1.165) is 38.2 Å². The number of rotatable bonds is 8. The highest BCUT2D eigenvalue weighted by Crippen LogP contribution is 2.26. The van der Waals surface area contributed by atoms with Crippen molar-refractivity contribution in [3.63, 3.8) is 0 Å². The molecule has 0 fully saturated rings. The number of hydrogen-bond donors (Lipinski definition) is 1. The van der Waals surface area contributed by atoms with Crippen molar-refractivity contribution >= 4 is 11.4 Å². The fourth-order valence-electron chi connectivity index (χ4n) is 1.94. The SMILES string of the molecule is CCCNc1ccc(CN(CC)CC)cc1[N+](=O)[O-]. The van der Waals surface area contributed by atoms with Gasteiger partial charge in [-0.25, -0.2) is 0 Å². The first-order valence-corrected chi connectivity index (χ1v) is 6.85. The first-order valence-electron chi connectivity index (χ1n) is 6.85. The fourth-order valence-corrected chi connectivity index (χ4v) is 1.94. The molecule has 5 heteroatoms. The van der Waals surface area contributed by atoms with Crippen molar-refractivity contribution in [1.82, 2.24) is 4.90 Å². The normalized spacial score (nSPS) is 10.7. The van der Waals surface area contributed by atoms with E-state index < -0.39 is 0 Å². The molecule has 0 heterocycles. The molecular weight excluding hydrogens is 242 g/mol. The second-order valence-electron chi connectivity index (χ2n) is 4.50. The van der Waals surface area contributed by atoms with E-state index >= 15 is 0 Å². The quantitative estimate of drug-likeness (QED) is 0.579. The lowest BCUT2D eigenvalue weighted by Gasteiger charge is -2.18. The van der Waals surface area contributed by atoms with Crippen molar-refractivity contribution in [2.45, 2.75) is 33.7 Å². The fraction of sp³-hybridized carbons (Fsp3) is 0.571. The van der Waals surface area contributed by atoms with Crippen LogP contribution in [0, 0.1) is 10.1 Å². The molecule has 1 aromatic carbocycles. The maximum absolute atomic E-state index is 11.1. The first kappa shape index (κ1) is 15.4. The molecule has 1 aromatic rings. The van der Waals surface area contributed by atoms with Crippen molar-refractivity contribution in [3.8, 4) is 0 Å². The lowest BCUT2D eigenvalue weighted by atomic mass is 10.1. The average molecular weight is 265 g/mol. The van der Waals surface area contributed by atoms with Gasteiger partial charge in [-0.15, -0.1) is 0 Å². The van der Waals surface area contributed by atoms with Gasteiger partial charge in [0.15, 0.2) is 0 Å². The van der Waals surface area contributed by atoms with Crippen LogP contribution in [0.4, 0.5) is 11.4 Å². The van der Waals surface area contributed by atoms with E-state index in [0.29, 0.717) is 5.69 Å². The third-order valence-corrected chi connectivity index (χ3v) is 3.12. The molecule has 0 spiro atoms. The average Bonchev–Trinajstić information content (AvgIpc) is 2.42. The van der Waals surface area contributed by atoms with Gasteiger partial charge in [0.25, 0.3) is 5.69 Å². The van der Waals surface area contributed by atoms with E-state index in [1.165, 1.54) is 0 Å². The minimum atomic E-state index is -0.316. The molecule has 0 saturated carbocycles. The second-order valence-corrected chi connectivity index (χ2v) is 4.50. The van der Waals surface area contributed by atoms with E-state index in [9.17, 15) is 10.1 Å². The van der Waals surface area contributed by atoms with E-state index in [-0.39, 0.29) is 10.6 Å². The van der Waals surface area contributed by atoms with Crippen molar-refractivity contribution in [2.75, 3.05) is 25.0 Å². The highest BCUT2D eigenvalue weighted by molar-refractivity contribution is 5.62. The zero-order valence-corrected chi connectivity index (χ0v) is 12.0. The lowest BCUT2D eigenvalue weighted by Crippen LogP contribution is -2.22. The van der Waals surface area contributed by atoms with Crippen molar-refractivity contribution < 1.29 is 4.92 Å². The summed E-state index contributed by atoms with van der Waals surface area (Å²) in [5.74, 6) is 0. The molecule has 0 amide bonds. The summed E-state index contributed by atoms with van der Waals surface area (Å²) in [5.41, 5.74) is 1.76. The molecule has 19 heavy (non-hydrogen) atoms. The summed E-state index contributed by atoms with van der Waals surface area (Å²) in [7, 11) is 0. The standard InChI is InChI=1S/C14H23N3O2/c1-4-9-15-13-8-7-12(10-14(13)17(18)19)11-16(5-2)6-3/h7-8,10,15H,4-6,9,11H2,1-3H3. The number of nitro benzene ring substituents is 1. The minimum Gasteiger partial charge on any atom is -0.380 e. The first-order chi connectivity index (χ1) is 9.12. The smallest absolute Gasteiger partial charge is 0.292 e. The Morgan fingerprint density at radius 1 is 1.26 bits per heavy atom. The van der Waals surface area contributed by atoms with Crippen LogP contribution in [-0.4, -0.2) is 29.5 Å². The van der Waals surface area contributed by atoms with Gasteiger partial charge >= 0.3 is 0 Å². The van der Waals surface area contributed by atoms with Gasteiger partial charge < -0.3 is 5.32 Å². The van der Waals surface area contributed by atoms with Crippen LogP contribution in [0.3, 0.4) is 0 Å². The Morgan fingerprint density at radius 2 is 1.95 bits per heavy atom. The van der Waals surface area contributed by atoms with Gasteiger partial charge in [-0.2, -0.15) is 0 Å². The van der Waals surface area contributed by atoms with Gasteiger partial charge in [-0.3, -0.25) is 15.0 Å². The second kappa shape index (κ2) is 7.74. The molecule has 0 unspecified atom stereocenters. The van der Waals surface area contributed by atoms with Gasteiger partial charge in [0.2, 0.25) is 0 Å². The molecule has 5 nitrogen and oxygen atoms in total. The summed E-state index contributed by atoms with van der Waals surface area (Å²) >= 11 is 0. The van der Waals surface area contributed by atoms with Crippen LogP contribution in [0.2, 0.25) is 0 Å². The van der Waals surface area contributed by atoms with E-state index in [1.807, 2.05) is 19.1 Å². The summed E-state index contributed by atoms with van der Waals surface area (Å²) in [4.78, 5) is 13.0. The summed E-state index contributed by atoms with van der Waals surface area (Å²) in [6.07, 6.45) is 0.943. The van der Waals surface area contributed by atoms with Crippen LogP contribution in [0.5, 0.6) is 0 Å². The number of benzene rings is 1. The predicted molar refractivity (Wildman–Crippen MR) is 78.5 cm³/mol. The molecule has 0 bridgehead atoms. The maximum atomic E-state index is 11.1. The van der Waals surface area contributed by atoms with Crippen LogP contribution in [0.25, 0.3) is 0 Å². The van der Waals surface area contributed by atoms with Gasteiger partial charge in [0.05, 0.1) is 4.92 Å². The van der Waals surface area contributed by atoms with Gasteiger partial charge in [-0.05, 0) is 31.1 Å². The third-order valence-electron chi connectivity index (χ3n) is 3.12. The van der Waals surface area contributed by atoms with Gasteiger partial charge in [0, 0.05) is 19.2 Å². The van der Waals surface area contributed by atoms with Crippen LogP contribution in [-0.2, 0) is 6.54 Å². The van der Waals surface area contributed by atoms with Crippen LogP contribution >= 0.6 is 0 Å². The van der Waals surface area contributed by atoms with Crippen molar-refractivity contribution in [1.29, 1.82) is 0 Å². The topological polar surface area (TPSA) is 58.4 Å². The zero-order valence-electron chi connectivity index (χ0n) is 12.0. The molecule has 1 N–H and O–H groups in total. The van der Waals surface area contributed by atoms with Crippen LogP contribution in [0.15, 0.2) is 18.2 Å². The molecule has 0 atom stereocenters. The monoisotopic (exact) mass is 265 g/mol. The molecule has 0 radical (unpaired) electrons. The third kappa shape index (κ3) is 4.52. The maximum Gasteiger partial charge on any atom is 0.292 e. The molecule has 0 saturated heterocycles. The summed E-state index contributed by atoms with van der Waals surface area (Å²) < 4.78 is 0. The van der Waals surface area contributed by atoms with E-state index in [1.54, 1.807) is 6.07 Å². The van der Waals surface area contributed by atoms with E-state index in [2.05, 4.69) is 24.1 Å². The Bertz CT molecular complexity index is 417. The number of nitrogens with zero attached hydrogens (tertiary/aromatic N) is 2. The molecule has 1 rings (SSSR count). The Kier molecular flexibility index (Phi) is 6.29. The molecule has 0 aliphatic carbocycles. The van der Waals surface area contributed by atoms with Crippen LogP contribution < -0.4 is 5.32 Å². The largest absolute Gasteiger partial charge is 0.380 e. The molecular formula is C14H23N3O2. The Labute approximate surface area is 114 Å². The Balaban J connectivity index is 2.92. The zero-order chi connectivity index (χ0) is 14.3. The van der Waals surface area contributed by atoms with Gasteiger partial charge in [-0.1, -0.05) is 26.8 Å². The Hall–Kier alpha value is -1.62. The number of nitro groups is 1. The summed E-state index contributed by atoms with van der Waals surface area (Å²) in [6.45, 7) is 9.61. The van der Waals surface area contributed by atoms with Crippen molar-refractivity contribution in [3.05, 3.63) is 33.9 Å². The van der Waals surface area contributed by atoms with Crippen LogP contribution in [0.1, 0.15) is 32.8 Å². The molecule has 0 aromatic heterocycles. The number of hydrogen-bond acceptors (Lipinski definition) is 4. The lowest BCUT2D eigenvalue weighted by molar-refractivity contribution is -0.384. The Morgan fingerprint density at radius 3 is 2.47 bits per heavy atom. The highest BCUT2D eigenvalue weighted by atomic mass is 16.6. The highest BCUT2D eigenvalue weighted by Gasteiger charge is 2.14. The van der Waals surface area contributed by atoms with Gasteiger partial charge in [0.1, 0.15) is 5.69 Å². The minimum absolute atomic E-state index is 0.165. The molecule has 0 aliphatic heterocycles. The van der Waals surface area contributed by atoms with Crippen molar-refractivity contribution in [2.24, 2.45) is 0 Å². The summed E-state index contributed by atoms with van der Waals surface area (Å²) in [6, 6.07) is 5.45. The number of anilines is 1. The summed E-state index contributed by atoms with van der Waals surface area (Å²) in [5, 5.41) is 14.2. The molecule has 0 aliphatic rings. The number of nitrogens with one attached hydrogen (secondary N) is 1. The van der Waals surface area contributed by atoms with E-state index in [4.69, 9.17) is 0 Å². The predicted octanol–water partition coefficient (Wildman–Crippen LogP) is 3.26. The molecule has 106 valence electrons.